The normalized spacial score (nSPS) is 12.4. The fourth-order valence-corrected chi connectivity index (χ4v) is 4.47. The second-order valence-corrected chi connectivity index (χ2v) is 8.79. The first-order valence-electron chi connectivity index (χ1n) is 9.97. The second kappa shape index (κ2) is 9.40. The second-order valence-electron chi connectivity index (χ2n) is 7.08. The molecule has 0 saturated carbocycles. The molecule has 0 radical (unpaired) electrons. The van der Waals surface area contributed by atoms with Crippen molar-refractivity contribution in [1.82, 2.24) is 14.3 Å². The summed E-state index contributed by atoms with van der Waals surface area (Å²) in [5.74, 6) is 1.12. The first-order valence-corrected chi connectivity index (χ1v) is 11.5. The smallest absolute Gasteiger partial charge is 0.302 e. The van der Waals surface area contributed by atoms with Crippen LogP contribution in [0.2, 0.25) is 0 Å². The van der Waals surface area contributed by atoms with Gasteiger partial charge in [-0.2, -0.15) is 0 Å². The van der Waals surface area contributed by atoms with Crippen molar-refractivity contribution in [3.63, 3.8) is 0 Å². The Kier molecular flexibility index (Phi) is 6.87. The zero-order chi connectivity index (χ0) is 22.6. The molecule has 0 aliphatic rings. The van der Waals surface area contributed by atoms with Gasteiger partial charge in [-0.3, -0.25) is 4.57 Å². The minimum atomic E-state index is -3.78. The third-order valence-electron chi connectivity index (χ3n) is 4.92. The quantitative estimate of drug-likeness (QED) is 0.516. The molecule has 166 valence electrons. The fraction of sp³-hybridized carbons (Fsp3) is 0.318. The molecule has 1 unspecified atom stereocenters. The number of aryl methyl sites for hydroxylation is 1. The van der Waals surface area contributed by atoms with Gasteiger partial charge in [-0.15, -0.1) is 0 Å². The summed E-state index contributed by atoms with van der Waals surface area (Å²) in [5, 5.41) is 2.97. The molecule has 1 aromatic heterocycles. The van der Waals surface area contributed by atoms with E-state index in [0.29, 0.717) is 35.4 Å². The van der Waals surface area contributed by atoms with E-state index in [1.807, 2.05) is 42.7 Å². The maximum atomic E-state index is 13.0. The number of ether oxygens (including phenoxy) is 2. The van der Waals surface area contributed by atoms with Gasteiger partial charge in [0.1, 0.15) is 11.5 Å². The number of aromatic nitrogens is 2. The van der Waals surface area contributed by atoms with Gasteiger partial charge in [0.2, 0.25) is 10.0 Å². The molecule has 0 amide bonds. The summed E-state index contributed by atoms with van der Waals surface area (Å²) in [7, 11) is -0.542. The molecule has 1 heterocycles. The van der Waals surface area contributed by atoms with Crippen LogP contribution in [0.3, 0.4) is 0 Å². The average Bonchev–Trinajstić information content (AvgIpc) is 3.17. The molecule has 3 aromatic rings. The van der Waals surface area contributed by atoms with Crippen molar-refractivity contribution in [1.29, 1.82) is 0 Å². The van der Waals surface area contributed by atoms with Crippen molar-refractivity contribution >= 4 is 15.7 Å². The predicted molar refractivity (Wildman–Crippen MR) is 120 cm³/mol. The van der Waals surface area contributed by atoms with Gasteiger partial charge in [0.15, 0.2) is 0 Å². The van der Waals surface area contributed by atoms with Crippen molar-refractivity contribution < 1.29 is 17.9 Å². The third kappa shape index (κ3) is 5.00. The maximum absolute atomic E-state index is 13.0. The Morgan fingerprint density at radius 2 is 1.87 bits per heavy atom. The molecule has 2 aromatic carbocycles. The summed E-state index contributed by atoms with van der Waals surface area (Å²) in [5.41, 5.74) is 2.54. The van der Waals surface area contributed by atoms with Gasteiger partial charge in [-0.05, 0) is 45.0 Å². The van der Waals surface area contributed by atoms with Crippen molar-refractivity contribution in [2.75, 3.05) is 19.5 Å². The van der Waals surface area contributed by atoms with E-state index in [-0.39, 0.29) is 4.90 Å². The van der Waals surface area contributed by atoms with E-state index < -0.39 is 16.1 Å². The van der Waals surface area contributed by atoms with Crippen LogP contribution in [0.1, 0.15) is 31.1 Å². The molecule has 0 aliphatic carbocycles. The van der Waals surface area contributed by atoms with Crippen molar-refractivity contribution in [3.8, 4) is 17.5 Å². The highest BCUT2D eigenvalue weighted by atomic mass is 32.2. The lowest BCUT2D eigenvalue weighted by atomic mass is 10.2. The number of methoxy groups -OCH3 is 1. The Morgan fingerprint density at radius 3 is 2.48 bits per heavy atom. The molecular weight excluding hydrogens is 416 g/mol. The maximum Gasteiger partial charge on any atom is 0.302 e. The largest absolute Gasteiger partial charge is 0.495 e. The Balaban J connectivity index is 1.83. The molecule has 0 bridgehead atoms. The first-order chi connectivity index (χ1) is 14.8. The Labute approximate surface area is 183 Å². The lowest BCUT2D eigenvalue weighted by Crippen LogP contribution is -2.28. The molecule has 3 rings (SSSR count). The van der Waals surface area contributed by atoms with Crippen LogP contribution in [0.25, 0.3) is 0 Å². The zero-order valence-electron chi connectivity index (χ0n) is 18.3. The molecule has 1 atom stereocenters. The fourth-order valence-electron chi connectivity index (χ4n) is 3.23. The molecule has 9 heteroatoms. The Hall–Kier alpha value is -3.04. The molecular formula is C22H28N4O4S. The third-order valence-corrected chi connectivity index (χ3v) is 6.46. The zero-order valence-corrected chi connectivity index (χ0v) is 19.2. The van der Waals surface area contributed by atoms with Crippen LogP contribution in [0.15, 0.2) is 53.6 Å². The Bertz CT molecular complexity index is 1140. The highest BCUT2D eigenvalue weighted by molar-refractivity contribution is 7.89. The van der Waals surface area contributed by atoms with Crippen LogP contribution in [0, 0.1) is 6.92 Å². The van der Waals surface area contributed by atoms with E-state index in [9.17, 15) is 8.42 Å². The summed E-state index contributed by atoms with van der Waals surface area (Å²) >= 11 is 0. The summed E-state index contributed by atoms with van der Waals surface area (Å²) in [6, 6.07) is 12.2. The molecule has 0 aliphatic heterocycles. The summed E-state index contributed by atoms with van der Waals surface area (Å²) in [4.78, 5) is 4.48. The number of nitrogens with zero attached hydrogens (tertiary/aromatic N) is 2. The number of benzene rings is 2. The number of rotatable bonds is 9. The lowest BCUT2D eigenvalue weighted by molar-refractivity contribution is 0.408. The summed E-state index contributed by atoms with van der Waals surface area (Å²) < 4.78 is 41.7. The molecule has 0 fully saturated rings. The molecule has 0 spiro atoms. The number of imidazole rings is 1. The predicted octanol–water partition coefficient (Wildman–Crippen LogP) is 4.09. The number of hydrogen-bond acceptors (Lipinski definition) is 6. The monoisotopic (exact) mass is 444 g/mol. The van der Waals surface area contributed by atoms with Crippen molar-refractivity contribution in [2.45, 2.75) is 38.3 Å². The lowest BCUT2D eigenvalue weighted by Gasteiger charge is -2.17. The molecule has 8 nitrogen and oxygen atoms in total. The van der Waals surface area contributed by atoms with Crippen LogP contribution in [0.4, 0.5) is 5.69 Å². The van der Waals surface area contributed by atoms with Crippen molar-refractivity contribution in [2.24, 2.45) is 0 Å². The SMILES string of the molecule is CCn1c(C(C)NS(=O)(=O)c2ccc(NC)c(OC)c2)cnc1Oc1ccc(C)cc1. The number of hydrogen-bond donors (Lipinski definition) is 2. The van der Waals surface area contributed by atoms with Gasteiger partial charge >= 0.3 is 6.01 Å². The summed E-state index contributed by atoms with van der Waals surface area (Å²) in [6.07, 6.45) is 1.63. The summed E-state index contributed by atoms with van der Waals surface area (Å²) in [6.45, 7) is 6.31. The van der Waals surface area contributed by atoms with E-state index in [2.05, 4.69) is 15.0 Å². The van der Waals surface area contributed by atoms with E-state index in [1.165, 1.54) is 19.2 Å². The van der Waals surface area contributed by atoms with E-state index in [4.69, 9.17) is 9.47 Å². The van der Waals surface area contributed by atoms with E-state index in [1.54, 1.807) is 26.2 Å². The Morgan fingerprint density at radius 1 is 1.16 bits per heavy atom. The van der Waals surface area contributed by atoms with Crippen LogP contribution in [0.5, 0.6) is 17.5 Å². The van der Waals surface area contributed by atoms with Gasteiger partial charge in [-0.25, -0.2) is 18.1 Å². The van der Waals surface area contributed by atoms with Gasteiger partial charge in [0.25, 0.3) is 0 Å². The minimum absolute atomic E-state index is 0.119. The van der Waals surface area contributed by atoms with Gasteiger partial charge in [0, 0.05) is 19.7 Å². The molecule has 2 N–H and O–H groups in total. The molecule has 0 saturated heterocycles. The van der Waals surface area contributed by atoms with Crippen LogP contribution < -0.4 is 19.5 Å². The number of nitrogens with one attached hydrogen (secondary N) is 2. The van der Waals surface area contributed by atoms with Crippen LogP contribution in [-0.2, 0) is 16.6 Å². The first kappa shape index (κ1) is 22.6. The van der Waals surface area contributed by atoms with E-state index >= 15 is 0 Å². The minimum Gasteiger partial charge on any atom is -0.495 e. The molecule has 31 heavy (non-hydrogen) atoms. The van der Waals surface area contributed by atoms with E-state index in [0.717, 1.165) is 5.56 Å². The topological polar surface area (TPSA) is 94.5 Å². The van der Waals surface area contributed by atoms with Gasteiger partial charge in [-0.1, -0.05) is 17.7 Å². The number of sulfonamides is 1. The van der Waals surface area contributed by atoms with Gasteiger partial charge in [0.05, 0.1) is 35.6 Å². The highest BCUT2D eigenvalue weighted by Gasteiger charge is 2.23. The average molecular weight is 445 g/mol. The standard InChI is InChI=1S/C22H28N4O4S/c1-6-26-20(14-24-22(26)30-17-9-7-15(2)8-10-17)16(3)25-31(27,28)18-11-12-19(23-4)21(13-18)29-5/h7-14,16,23,25H,6H2,1-5H3. The van der Waals surface area contributed by atoms with Crippen molar-refractivity contribution in [3.05, 3.63) is 59.9 Å². The highest BCUT2D eigenvalue weighted by Crippen LogP contribution is 2.29. The number of anilines is 1. The van der Waals surface area contributed by atoms with Gasteiger partial charge < -0.3 is 14.8 Å². The van der Waals surface area contributed by atoms with Crippen LogP contribution in [-0.4, -0.2) is 32.1 Å². The van der Waals surface area contributed by atoms with Crippen LogP contribution >= 0.6 is 0 Å².